The molecule has 0 bridgehead atoms. The third-order valence-electron chi connectivity index (χ3n) is 5.20. The maximum atomic E-state index is 6.18. The number of aryl methyl sites for hydroxylation is 1. The van der Waals surface area contributed by atoms with Crippen molar-refractivity contribution in [2.24, 2.45) is 0 Å². The van der Waals surface area contributed by atoms with Crippen LogP contribution in [0, 0.1) is 6.92 Å². The molecule has 2 unspecified atom stereocenters. The van der Waals surface area contributed by atoms with E-state index in [2.05, 4.69) is 34.6 Å². The molecule has 0 spiro atoms. The number of rotatable bonds is 2. The van der Waals surface area contributed by atoms with E-state index in [0.29, 0.717) is 11.9 Å². The average molecular weight is 304 g/mol. The Kier molecular flexibility index (Phi) is 3.43. The molecule has 1 aromatic carbocycles. The van der Waals surface area contributed by atoms with Crippen molar-refractivity contribution >= 4 is 22.6 Å². The van der Waals surface area contributed by atoms with Gasteiger partial charge in [-0.05, 0) is 56.8 Å². The zero-order chi connectivity index (χ0) is 14.4. The van der Waals surface area contributed by atoms with Crippen molar-refractivity contribution in [1.29, 1.82) is 0 Å². The number of nitrogens with zero attached hydrogens (tertiary/aromatic N) is 3. The number of alkyl halides is 1. The van der Waals surface area contributed by atoms with E-state index in [-0.39, 0.29) is 0 Å². The summed E-state index contributed by atoms with van der Waals surface area (Å²) in [5.41, 5.74) is 3.65. The molecule has 2 fully saturated rings. The Labute approximate surface area is 130 Å². The van der Waals surface area contributed by atoms with Crippen molar-refractivity contribution in [3.8, 4) is 0 Å². The summed E-state index contributed by atoms with van der Waals surface area (Å²) in [6.07, 6.45) is 5.20. The van der Waals surface area contributed by atoms with Gasteiger partial charge in [0.2, 0.25) is 0 Å². The first-order chi connectivity index (χ1) is 10.3. The highest BCUT2D eigenvalue weighted by atomic mass is 35.5. The number of imidazole rings is 1. The molecule has 112 valence electrons. The highest BCUT2D eigenvalue weighted by Gasteiger charge is 2.33. The summed E-state index contributed by atoms with van der Waals surface area (Å²) in [6.45, 7) is 4.67. The number of aromatic nitrogens is 2. The molecule has 3 nitrogen and oxygen atoms in total. The van der Waals surface area contributed by atoms with Crippen LogP contribution in [-0.4, -0.2) is 33.6 Å². The summed E-state index contributed by atoms with van der Waals surface area (Å²) in [4.78, 5) is 7.42. The lowest BCUT2D eigenvalue weighted by atomic mass is 9.97. The molecular weight excluding hydrogens is 282 g/mol. The largest absolute Gasteiger partial charge is 0.324 e. The molecule has 3 heterocycles. The molecular formula is C17H22ClN3. The number of hydrogen-bond donors (Lipinski definition) is 0. The van der Waals surface area contributed by atoms with Crippen LogP contribution in [0.1, 0.15) is 43.1 Å². The van der Waals surface area contributed by atoms with Crippen molar-refractivity contribution in [1.82, 2.24) is 14.5 Å². The first kappa shape index (κ1) is 13.6. The second-order valence-electron chi connectivity index (χ2n) is 6.53. The van der Waals surface area contributed by atoms with Gasteiger partial charge >= 0.3 is 0 Å². The van der Waals surface area contributed by atoms with Gasteiger partial charge in [0, 0.05) is 18.6 Å². The van der Waals surface area contributed by atoms with E-state index in [0.717, 1.165) is 17.4 Å². The van der Waals surface area contributed by atoms with Gasteiger partial charge in [-0.1, -0.05) is 6.07 Å². The van der Waals surface area contributed by atoms with E-state index in [1.165, 1.54) is 49.9 Å². The van der Waals surface area contributed by atoms with E-state index >= 15 is 0 Å². The van der Waals surface area contributed by atoms with Gasteiger partial charge in [0.15, 0.2) is 0 Å². The van der Waals surface area contributed by atoms with Gasteiger partial charge in [0.05, 0.1) is 16.9 Å². The maximum Gasteiger partial charge on any atom is 0.125 e. The lowest BCUT2D eigenvalue weighted by Crippen LogP contribution is -2.38. The molecule has 2 saturated heterocycles. The summed E-state index contributed by atoms with van der Waals surface area (Å²) in [6, 6.07) is 7.86. The van der Waals surface area contributed by atoms with E-state index in [4.69, 9.17) is 16.6 Å². The van der Waals surface area contributed by atoms with Crippen molar-refractivity contribution in [2.45, 2.75) is 50.6 Å². The fraction of sp³-hybridized carbons (Fsp3) is 0.588. The minimum Gasteiger partial charge on any atom is -0.324 e. The van der Waals surface area contributed by atoms with Gasteiger partial charge in [0.25, 0.3) is 0 Å². The maximum absolute atomic E-state index is 6.18. The van der Waals surface area contributed by atoms with E-state index in [1.807, 2.05) is 0 Å². The standard InChI is InChI=1S/C17H22ClN3/c1-12-4-5-15-16(9-12)21(17(11-18)19-15)14-6-8-20-7-2-3-13(20)10-14/h4-5,9,13-14H,2-3,6-8,10-11H2,1H3. The quantitative estimate of drug-likeness (QED) is 0.785. The topological polar surface area (TPSA) is 21.1 Å². The SMILES string of the molecule is Cc1ccc2nc(CCl)n(C3CCN4CCCC4C3)c2c1. The lowest BCUT2D eigenvalue weighted by molar-refractivity contribution is 0.156. The van der Waals surface area contributed by atoms with Crippen molar-refractivity contribution in [3.05, 3.63) is 29.6 Å². The van der Waals surface area contributed by atoms with E-state index in [1.54, 1.807) is 0 Å². The van der Waals surface area contributed by atoms with Crippen molar-refractivity contribution in [2.75, 3.05) is 13.1 Å². The Morgan fingerprint density at radius 3 is 3.00 bits per heavy atom. The Bertz CT molecular complexity index is 663. The molecule has 2 atom stereocenters. The first-order valence-electron chi connectivity index (χ1n) is 8.04. The highest BCUT2D eigenvalue weighted by Crippen LogP contribution is 2.36. The van der Waals surface area contributed by atoms with Gasteiger partial charge in [-0.25, -0.2) is 4.98 Å². The molecule has 0 saturated carbocycles. The van der Waals surface area contributed by atoms with Gasteiger partial charge in [0.1, 0.15) is 5.82 Å². The fourth-order valence-electron chi connectivity index (χ4n) is 4.19. The molecule has 1 aromatic heterocycles. The molecule has 0 N–H and O–H groups in total. The predicted octanol–water partition coefficient (Wildman–Crippen LogP) is 3.88. The molecule has 2 aromatic rings. The van der Waals surface area contributed by atoms with Crippen LogP contribution in [-0.2, 0) is 5.88 Å². The molecule has 4 rings (SSSR count). The fourth-order valence-corrected chi connectivity index (χ4v) is 4.38. The van der Waals surface area contributed by atoms with Crippen LogP contribution in [0.3, 0.4) is 0 Å². The monoisotopic (exact) mass is 303 g/mol. The second kappa shape index (κ2) is 5.29. The van der Waals surface area contributed by atoms with E-state index in [9.17, 15) is 0 Å². The highest BCUT2D eigenvalue weighted by molar-refractivity contribution is 6.16. The van der Waals surface area contributed by atoms with Crippen LogP contribution in [0.4, 0.5) is 0 Å². The van der Waals surface area contributed by atoms with Crippen LogP contribution in [0.5, 0.6) is 0 Å². The van der Waals surface area contributed by atoms with Gasteiger partial charge in [-0.2, -0.15) is 0 Å². The summed E-state index contributed by atoms with van der Waals surface area (Å²) in [5, 5.41) is 0. The Morgan fingerprint density at radius 2 is 2.14 bits per heavy atom. The summed E-state index contributed by atoms with van der Waals surface area (Å²) in [5.74, 6) is 1.53. The van der Waals surface area contributed by atoms with Crippen molar-refractivity contribution in [3.63, 3.8) is 0 Å². The molecule has 21 heavy (non-hydrogen) atoms. The van der Waals surface area contributed by atoms with Crippen LogP contribution >= 0.6 is 11.6 Å². The van der Waals surface area contributed by atoms with Crippen LogP contribution in [0.15, 0.2) is 18.2 Å². The summed E-state index contributed by atoms with van der Waals surface area (Å²) in [7, 11) is 0. The summed E-state index contributed by atoms with van der Waals surface area (Å²) >= 11 is 6.18. The second-order valence-corrected chi connectivity index (χ2v) is 6.80. The normalized spacial score (nSPS) is 26.4. The van der Waals surface area contributed by atoms with Gasteiger partial charge < -0.3 is 9.47 Å². The third-order valence-corrected chi connectivity index (χ3v) is 5.43. The number of hydrogen-bond acceptors (Lipinski definition) is 2. The first-order valence-corrected chi connectivity index (χ1v) is 8.57. The molecule has 0 radical (unpaired) electrons. The van der Waals surface area contributed by atoms with Crippen molar-refractivity contribution < 1.29 is 0 Å². The smallest absolute Gasteiger partial charge is 0.125 e. The average Bonchev–Trinajstić information content (AvgIpc) is 3.09. The molecule has 0 aliphatic carbocycles. The minimum atomic E-state index is 0.499. The third kappa shape index (κ3) is 2.27. The Balaban J connectivity index is 1.76. The number of fused-ring (bicyclic) bond motifs is 2. The zero-order valence-corrected chi connectivity index (χ0v) is 13.3. The number of piperidine rings is 1. The predicted molar refractivity (Wildman–Crippen MR) is 86.9 cm³/mol. The van der Waals surface area contributed by atoms with Crippen LogP contribution < -0.4 is 0 Å². The number of halogens is 1. The molecule has 0 amide bonds. The number of benzene rings is 1. The lowest BCUT2D eigenvalue weighted by Gasteiger charge is -2.36. The Hall–Kier alpha value is -1.06. The summed E-state index contributed by atoms with van der Waals surface area (Å²) < 4.78 is 2.44. The molecule has 2 aliphatic rings. The van der Waals surface area contributed by atoms with Crippen LogP contribution in [0.25, 0.3) is 11.0 Å². The zero-order valence-electron chi connectivity index (χ0n) is 12.6. The Morgan fingerprint density at radius 1 is 1.24 bits per heavy atom. The minimum absolute atomic E-state index is 0.499. The molecule has 4 heteroatoms. The van der Waals surface area contributed by atoms with Gasteiger partial charge in [-0.3, -0.25) is 0 Å². The molecule has 2 aliphatic heterocycles. The van der Waals surface area contributed by atoms with Crippen LogP contribution in [0.2, 0.25) is 0 Å². The van der Waals surface area contributed by atoms with E-state index < -0.39 is 0 Å². The van der Waals surface area contributed by atoms with Gasteiger partial charge in [-0.15, -0.1) is 11.6 Å².